The molecule has 0 amide bonds. The Morgan fingerprint density at radius 3 is 2.41 bits per heavy atom. The van der Waals surface area contributed by atoms with Gasteiger partial charge in [-0.1, -0.05) is 58.2 Å². The lowest BCUT2D eigenvalue weighted by Crippen LogP contribution is -2.08. The second-order valence-electron chi connectivity index (χ2n) is 5.67. The maximum atomic E-state index is 13.3. The van der Waals surface area contributed by atoms with E-state index in [-0.39, 0.29) is 5.82 Å². The van der Waals surface area contributed by atoms with Crippen LogP contribution in [0.25, 0.3) is 0 Å². The normalized spacial score (nSPS) is 11.8. The zero-order valence-electron chi connectivity index (χ0n) is 11.4. The first-order valence-corrected chi connectivity index (χ1v) is 6.78. The SMILES string of the molecule is CCC(C)(C)CCCCCc1ccccc1F. The van der Waals surface area contributed by atoms with Gasteiger partial charge in [0.1, 0.15) is 5.82 Å². The summed E-state index contributed by atoms with van der Waals surface area (Å²) in [5.41, 5.74) is 1.33. The van der Waals surface area contributed by atoms with Crippen LogP contribution >= 0.6 is 0 Å². The minimum absolute atomic E-state index is 0.0543. The van der Waals surface area contributed by atoms with Gasteiger partial charge in [0.2, 0.25) is 0 Å². The Hall–Kier alpha value is -0.850. The van der Waals surface area contributed by atoms with Gasteiger partial charge in [-0.15, -0.1) is 0 Å². The van der Waals surface area contributed by atoms with E-state index in [9.17, 15) is 4.39 Å². The Balaban J connectivity index is 2.19. The molecule has 0 aliphatic rings. The van der Waals surface area contributed by atoms with Crippen molar-refractivity contribution >= 4 is 0 Å². The summed E-state index contributed by atoms with van der Waals surface area (Å²) in [5, 5.41) is 0. The molecule has 96 valence electrons. The van der Waals surface area contributed by atoms with E-state index in [2.05, 4.69) is 20.8 Å². The summed E-state index contributed by atoms with van der Waals surface area (Å²) in [4.78, 5) is 0. The lowest BCUT2D eigenvalue weighted by molar-refractivity contribution is 0.308. The molecule has 0 unspecified atom stereocenters. The molecule has 1 aromatic rings. The third-order valence-corrected chi connectivity index (χ3v) is 3.71. The molecule has 0 bridgehead atoms. The number of hydrogen-bond acceptors (Lipinski definition) is 0. The van der Waals surface area contributed by atoms with Gasteiger partial charge in [0, 0.05) is 0 Å². The van der Waals surface area contributed by atoms with Gasteiger partial charge >= 0.3 is 0 Å². The number of aryl methyl sites for hydroxylation is 1. The summed E-state index contributed by atoms with van der Waals surface area (Å²) < 4.78 is 13.3. The minimum atomic E-state index is -0.0543. The second-order valence-corrected chi connectivity index (χ2v) is 5.67. The van der Waals surface area contributed by atoms with Crippen LogP contribution in [-0.2, 0) is 6.42 Å². The van der Waals surface area contributed by atoms with E-state index in [4.69, 9.17) is 0 Å². The molecule has 0 atom stereocenters. The predicted octanol–water partition coefficient (Wildman–Crippen LogP) is 5.36. The second kappa shape index (κ2) is 6.78. The van der Waals surface area contributed by atoms with Gasteiger partial charge in [0.25, 0.3) is 0 Å². The van der Waals surface area contributed by atoms with Crippen LogP contribution in [0.4, 0.5) is 4.39 Å². The van der Waals surface area contributed by atoms with Gasteiger partial charge in [-0.25, -0.2) is 4.39 Å². The molecular formula is C16H25F. The summed E-state index contributed by atoms with van der Waals surface area (Å²) in [6.07, 6.45) is 6.95. The van der Waals surface area contributed by atoms with E-state index in [0.29, 0.717) is 5.41 Å². The van der Waals surface area contributed by atoms with Crippen molar-refractivity contribution in [1.82, 2.24) is 0 Å². The first kappa shape index (κ1) is 14.2. The molecule has 0 saturated carbocycles. The van der Waals surface area contributed by atoms with E-state index in [1.54, 1.807) is 12.1 Å². The van der Waals surface area contributed by atoms with Crippen LogP contribution in [-0.4, -0.2) is 0 Å². The number of rotatable bonds is 7. The highest BCUT2D eigenvalue weighted by atomic mass is 19.1. The first-order chi connectivity index (χ1) is 8.05. The van der Waals surface area contributed by atoms with Gasteiger partial charge < -0.3 is 0 Å². The fourth-order valence-electron chi connectivity index (χ4n) is 1.97. The molecule has 0 nitrogen and oxygen atoms in total. The highest BCUT2D eigenvalue weighted by molar-refractivity contribution is 5.17. The number of halogens is 1. The molecule has 0 spiro atoms. The van der Waals surface area contributed by atoms with E-state index in [0.717, 1.165) is 18.4 Å². The molecule has 0 aliphatic heterocycles. The lowest BCUT2D eigenvalue weighted by atomic mass is 9.84. The Morgan fingerprint density at radius 2 is 1.76 bits per heavy atom. The Morgan fingerprint density at radius 1 is 1.06 bits per heavy atom. The minimum Gasteiger partial charge on any atom is -0.207 e. The van der Waals surface area contributed by atoms with E-state index in [1.807, 2.05) is 12.1 Å². The van der Waals surface area contributed by atoms with Gasteiger partial charge in [0.05, 0.1) is 0 Å². The van der Waals surface area contributed by atoms with E-state index >= 15 is 0 Å². The quantitative estimate of drug-likeness (QED) is 0.559. The van der Waals surface area contributed by atoms with Crippen LogP contribution in [0.2, 0.25) is 0 Å². The third kappa shape index (κ3) is 5.34. The van der Waals surface area contributed by atoms with Crippen LogP contribution in [0.1, 0.15) is 58.4 Å². The summed E-state index contributed by atoms with van der Waals surface area (Å²) in [6, 6.07) is 7.11. The molecule has 0 aliphatic carbocycles. The van der Waals surface area contributed by atoms with Crippen molar-refractivity contribution in [2.24, 2.45) is 5.41 Å². The van der Waals surface area contributed by atoms with E-state index < -0.39 is 0 Å². The zero-order chi connectivity index (χ0) is 12.7. The maximum absolute atomic E-state index is 13.3. The van der Waals surface area contributed by atoms with Gasteiger partial charge in [0.15, 0.2) is 0 Å². The van der Waals surface area contributed by atoms with Crippen molar-refractivity contribution in [2.45, 2.75) is 59.3 Å². The van der Waals surface area contributed by atoms with Crippen molar-refractivity contribution in [1.29, 1.82) is 0 Å². The molecule has 0 fully saturated rings. The molecule has 0 heterocycles. The topological polar surface area (TPSA) is 0 Å². The lowest BCUT2D eigenvalue weighted by Gasteiger charge is -2.22. The number of hydrogen-bond donors (Lipinski definition) is 0. The molecule has 0 saturated heterocycles. The average molecular weight is 236 g/mol. The van der Waals surface area contributed by atoms with Crippen molar-refractivity contribution in [3.05, 3.63) is 35.6 Å². The number of benzene rings is 1. The van der Waals surface area contributed by atoms with Gasteiger partial charge in [-0.2, -0.15) is 0 Å². The standard InChI is InChI=1S/C16H25F/c1-4-16(2,3)13-9-5-6-10-14-11-7-8-12-15(14)17/h7-8,11-12H,4-6,9-10,13H2,1-3H3. The molecule has 0 radical (unpaired) electrons. The van der Waals surface area contributed by atoms with Crippen LogP contribution in [0.3, 0.4) is 0 Å². The van der Waals surface area contributed by atoms with Crippen molar-refractivity contribution in [3.63, 3.8) is 0 Å². The molecule has 1 aromatic carbocycles. The fraction of sp³-hybridized carbons (Fsp3) is 0.625. The maximum Gasteiger partial charge on any atom is 0.126 e. The van der Waals surface area contributed by atoms with Gasteiger partial charge in [-0.05, 0) is 36.3 Å². The van der Waals surface area contributed by atoms with Crippen molar-refractivity contribution in [3.8, 4) is 0 Å². The Labute approximate surface area is 105 Å². The molecule has 1 rings (SSSR count). The first-order valence-electron chi connectivity index (χ1n) is 6.78. The number of unbranched alkanes of at least 4 members (excludes halogenated alkanes) is 2. The van der Waals surface area contributed by atoms with Crippen LogP contribution < -0.4 is 0 Å². The predicted molar refractivity (Wildman–Crippen MR) is 72.6 cm³/mol. The molecule has 17 heavy (non-hydrogen) atoms. The van der Waals surface area contributed by atoms with Crippen LogP contribution in [0.15, 0.2) is 24.3 Å². The largest absolute Gasteiger partial charge is 0.207 e. The highest BCUT2D eigenvalue weighted by Crippen LogP contribution is 2.27. The zero-order valence-corrected chi connectivity index (χ0v) is 11.4. The fourth-order valence-corrected chi connectivity index (χ4v) is 1.97. The highest BCUT2D eigenvalue weighted by Gasteiger charge is 2.13. The van der Waals surface area contributed by atoms with Gasteiger partial charge in [-0.3, -0.25) is 0 Å². The Kier molecular flexibility index (Phi) is 5.67. The molecule has 1 heteroatoms. The smallest absolute Gasteiger partial charge is 0.126 e. The summed E-state index contributed by atoms with van der Waals surface area (Å²) in [6.45, 7) is 6.90. The van der Waals surface area contributed by atoms with Crippen molar-refractivity contribution < 1.29 is 4.39 Å². The van der Waals surface area contributed by atoms with Crippen LogP contribution in [0, 0.1) is 11.2 Å². The van der Waals surface area contributed by atoms with E-state index in [1.165, 1.54) is 25.7 Å². The Bertz CT molecular complexity index is 328. The third-order valence-electron chi connectivity index (χ3n) is 3.71. The summed E-state index contributed by atoms with van der Waals surface area (Å²) in [5.74, 6) is -0.0543. The summed E-state index contributed by atoms with van der Waals surface area (Å²) >= 11 is 0. The van der Waals surface area contributed by atoms with Crippen LogP contribution in [0.5, 0.6) is 0 Å². The van der Waals surface area contributed by atoms with Crippen molar-refractivity contribution in [2.75, 3.05) is 0 Å². The monoisotopic (exact) mass is 236 g/mol. The molecule has 0 N–H and O–H groups in total. The summed E-state index contributed by atoms with van der Waals surface area (Å²) in [7, 11) is 0. The molecule has 0 aromatic heterocycles. The average Bonchev–Trinajstić information content (AvgIpc) is 2.31. The molecular weight excluding hydrogens is 211 g/mol.